The number of fused-ring (bicyclic) bond motifs is 2. The van der Waals surface area contributed by atoms with Gasteiger partial charge in [0.1, 0.15) is 5.69 Å². The van der Waals surface area contributed by atoms with Gasteiger partial charge in [0.25, 0.3) is 5.91 Å². The maximum absolute atomic E-state index is 12.3. The topological polar surface area (TPSA) is 71.1 Å². The van der Waals surface area contributed by atoms with Crippen LogP contribution >= 0.6 is 0 Å². The summed E-state index contributed by atoms with van der Waals surface area (Å²) in [5.74, 6) is 2.02. The Morgan fingerprint density at radius 1 is 0.962 bits per heavy atom. The first kappa shape index (κ1) is 16.8. The molecule has 0 saturated heterocycles. The first-order valence-electron chi connectivity index (χ1n) is 9.29. The lowest BCUT2D eigenvalue weighted by molar-refractivity contribution is -0.117. The summed E-state index contributed by atoms with van der Waals surface area (Å²) in [7, 11) is 0. The molecule has 2 aliphatic rings. The van der Waals surface area contributed by atoms with Crippen molar-refractivity contribution < 1.29 is 9.59 Å². The van der Waals surface area contributed by atoms with Gasteiger partial charge in [0.05, 0.1) is 0 Å². The molecule has 5 nitrogen and oxygen atoms in total. The van der Waals surface area contributed by atoms with Gasteiger partial charge in [-0.1, -0.05) is 12.5 Å². The summed E-state index contributed by atoms with van der Waals surface area (Å²) in [5, 5.41) is 5.78. The molecular formula is C21H23N3O2. The summed E-state index contributed by atoms with van der Waals surface area (Å²) in [4.78, 5) is 28.4. The van der Waals surface area contributed by atoms with Crippen molar-refractivity contribution in [3.05, 3.63) is 54.4 Å². The second-order valence-electron chi connectivity index (χ2n) is 7.43. The van der Waals surface area contributed by atoms with Crippen LogP contribution in [0.25, 0.3) is 0 Å². The Balaban J connectivity index is 1.30. The molecule has 1 aromatic heterocycles. The number of benzene rings is 1. The summed E-state index contributed by atoms with van der Waals surface area (Å²) < 4.78 is 0. The number of nitrogens with zero attached hydrogens (tertiary/aromatic N) is 1. The molecule has 4 rings (SSSR count). The minimum absolute atomic E-state index is 0.0906. The van der Waals surface area contributed by atoms with Gasteiger partial charge in [-0.05, 0) is 73.4 Å². The molecular weight excluding hydrogens is 326 g/mol. The van der Waals surface area contributed by atoms with Crippen LogP contribution in [0, 0.1) is 17.8 Å². The highest BCUT2D eigenvalue weighted by Crippen LogP contribution is 2.49. The van der Waals surface area contributed by atoms with Gasteiger partial charge in [-0.3, -0.25) is 14.6 Å². The molecule has 0 aliphatic heterocycles. The van der Waals surface area contributed by atoms with E-state index in [0.717, 1.165) is 17.5 Å². The van der Waals surface area contributed by atoms with Crippen LogP contribution in [0.15, 0.2) is 48.7 Å². The predicted molar refractivity (Wildman–Crippen MR) is 101 cm³/mol. The van der Waals surface area contributed by atoms with Crippen molar-refractivity contribution in [3.8, 4) is 0 Å². The third kappa shape index (κ3) is 3.77. The maximum atomic E-state index is 12.3. The molecule has 2 bridgehead atoms. The molecule has 2 saturated carbocycles. The highest BCUT2D eigenvalue weighted by Gasteiger charge is 2.40. The zero-order valence-corrected chi connectivity index (χ0v) is 14.7. The maximum Gasteiger partial charge on any atom is 0.274 e. The SMILES string of the molecule is O=C(C[C@@H]1C[C@H]2CC[C@@H]1C2)Nc1ccc(NC(=O)c2ccccn2)cc1. The zero-order valence-electron chi connectivity index (χ0n) is 14.7. The molecule has 2 N–H and O–H groups in total. The minimum Gasteiger partial charge on any atom is -0.326 e. The second-order valence-corrected chi connectivity index (χ2v) is 7.43. The lowest BCUT2D eigenvalue weighted by Gasteiger charge is -2.20. The molecule has 1 heterocycles. The third-order valence-corrected chi connectivity index (χ3v) is 5.66. The molecule has 3 atom stereocenters. The Hall–Kier alpha value is -2.69. The molecule has 2 aliphatic carbocycles. The molecule has 5 heteroatoms. The fraction of sp³-hybridized carbons (Fsp3) is 0.381. The number of aromatic nitrogens is 1. The van der Waals surface area contributed by atoms with Crippen LogP contribution in [-0.4, -0.2) is 16.8 Å². The quantitative estimate of drug-likeness (QED) is 0.854. The molecule has 26 heavy (non-hydrogen) atoms. The van der Waals surface area contributed by atoms with Crippen molar-refractivity contribution in [2.45, 2.75) is 32.1 Å². The smallest absolute Gasteiger partial charge is 0.274 e. The third-order valence-electron chi connectivity index (χ3n) is 5.66. The van der Waals surface area contributed by atoms with Gasteiger partial charge in [-0.2, -0.15) is 0 Å². The van der Waals surface area contributed by atoms with Crippen LogP contribution in [0.5, 0.6) is 0 Å². The molecule has 2 fully saturated rings. The predicted octanol–water partition coefficient (Wildman–Crippen LogP) is 4.10. The molecule has 1 aromatic carbocycles. The highest BCUT2D eigenvalue weighted by molar-refractivity contribution is 6.03. The van der Waals surface area contributed by atoms with Gasteiger partial charge in [-0.25, -0.2) is 0 Å². The van der Waals surface area contributed by atoms with Crippen LogP contribution in [0.1, 0.15) is 42.6 Å². The summed E-state index contributed by atoms with van der Waals surface area (Å²) in [6.45, 7) is 0. The normalized spacial score (nSPS) is 23.6. The first-order chi connectivity index (χ1) is 12.7. The lowest BCUT2D eigenvalue weighted by Crippen LogP contribution is -2.20. The number of carbonyl (C=O) groups is 2. The number of carbonyl (C=O) groups excluding carboxylic acids is 2. The van der Waals surface area contributed by atoms with E-state index in [1.807, 2.05) is 12.1 Å². The van der Waals surface area contributed by atoms with Gasteiger partial charge in [0, 0.05) is 24.0 Å². The monoisotopic (exact) mass is 349 g/mol. The summed E-state index contributed by atoms with van der Waals surface area (Å²) in [6, 6.07) is 12.4. The van der Waals surface area contributed by atoms with E-state index in [4.69, 9.17) is 0 Å². The molecule has 134 valence electrons. The van der Waals surface area contributed by atoms with E-state index in [1.165, 1.54) is 25.7 Å². The minimum atomic E-state index is -0.251. The van der Waals surface area contributed by atoms with E-state index in [1.54, 1.807) is 36.5 Å². The summed E-state index contributed by atoms with van der Waals surface area (Å²) >= 11 is 0. The van der Waals surface area contributed by atoms with Gasteiger partial charge < -0.3 is 10.6 Å². The van der Waals surface area contributed by atoms with E-state index in [9.17, 15) is 9.59 Å². The summed E-state index contributed by atoms with van der Waals surface area (Å²) in [6.07, 6.45) is 7.41. The van der Waals surface area contributed by atoms with Gasteiger partial charge >= 0.3 is 0 Å². The molecule has 0 unspecified atom stereocenters. The Kier molecular flexibility index (Phi) is 4.69. The number of pyridine rings is 1. The van der Waals surface area contributed by atoms with E-state index in [0.29, 0.717) is 23.7 Å². The Morgan fingerprint density at radius 2 is 1.73 bits per heavy atom. The van der Waals surface area contributed by atoms with E-state index in [-0.39, 0.29) is 11.8 Å². The number of hydrogen-bond donors (Lipinski definition) is 2. The van der Waals surface area contributed by atoms with Crippen LogP contribution in [0.3, 0.4) is 0 Å². The van der Waals surface area contributed by atoms with E-state index < -0.39 is 0 Å². The van der Waals surface area contributed by atoms with Gasteiger partial charge in [0.2, 0.25) is 5.91 Å². The van der Waals surface area contributed by atoms with E-state index in [2.05, 4.69) is 15.6 Å². The van der Waals surface area contributed by atoms with Crippen LogP contribution < -0.4 is 10.6 Å². The fourth-order valence-corrected chi connectivity index (χ4v) is 4.41. The second kappa shape index (κ2) is 7.28. The van der Waals surface area contributed by atoms with Crippen molar-refractivity contribution in [3.63, 3.8) is 0 Å². The highest BCUT2D eigenvalue weighted by atomic mass is 16.2. The number of rotatable bonds is 5. The van der Waals surface area contributed by atoms with Crippen molar-refractivity contribution in [2.75, 3.05) is 10.6 Å². The summed E-state index contributed by atoms with van der Waals surface area (Å²) in [5.41, 5.74) is 1.80. The average molecular weight is 349 g/mol. The number of hydrogen-bond acceptors (Lipinski definition) is 3. The molecule has 0 radical (unpaired) electrons. The van der Waals surface area contributed by atoms with Crippen LogP contribution in [0.4, 0.5) is 11.4 Å². The van der Waals surface area contributed by atoms with Crippen LogP contribution in [-0.2, 0) is 4.79 Å². The van der Waals surface area contributed by atoms with Gasteiger partial charge in [-0.15, -0.1) is 0 Å². The van der Waals surface area contributed by atoms with Crippen molar-refractivity contribution in [1.29, 1.82) is 0 Å². The number of anilines is 2. The Labute approximate surface area is 153 Å². The fourth-order valence-electron chi connectivity index (χ4n) is 4.41. The van der Waals surface area contributed by atoms with Crippen LogP contribution in [0.2, 0.25) is 0 Å². The van der Waals surface area contributed by atoms with Crippen molar-refractivity contribution >= 4 is 23.2 Å². The van der Waals surface area contributed by atoms with E-state index >= 15 is 0 Å². The van der Waals surface area contributed by atoms with Gasteiger partial charge in [0.15, 0.2) is 0 Å². The molecule has 2 aromatic rings. The zero-order chi connectivity index (χ0) is 17.9. The Morgan fingerprint density at radius 3 is 2.35 bits per heavy atom. The lowest BCUT2D eigenvalue weighted by atomic mass is 9.86. The standard InChI is InChI=1S/C21H23N3O2/c25-20(13-16-12-14-4-5-15(16)11-14)23-17-6-8-18(9-7-17)24-21(26)19-3-1-2-10-22-19/h1-3,6-10,14-16H,4-5,11-13H2,(H,23,25)(H,24,26)/t14-,15+,16-/m0/s1. The van der Waals surface area contributed by atoms with Crippen molar-refractivity contribution in [2.24, 2.45) is 17.8 Å². The number of nitrogens with one attached hydrogen (secondary N) is 2. The Bertz CT molecular complexity index is 789. The molecule has 0 spiro atoms. The number of amides is 2. The average Bonchev–Trinajstić information content (AvgIpc) is 3.27. The first-order valence-corrected chi connectivity index (χ1v) is 9.29. The van der Waals surface area contributed by atoms with Crippen molar-refractivity contribution in [1.82, 2.24) is 4.98 Å². The molecule has 2 amide bonds. The largest absolute Gasteiger partial charge is 0.326 e.